The molecule has 0 bridgehead atoms. The van der Waals surface area contributed by atoms with E-state index in [0.29, 0.717) is 17.6 Å². The quantitative estimate of drug-likeness (QED) is 0.707. The van der Waals surface area contributed by atoms with Crippen LogP contribution in [0.4, 0.5) is 14.8 Å². The summed E-state index contributed by atoms with van der Waals surface area (Å²) in [6, 6.07) is 11.4. The molecule has 8 heteroatoms. The first-order chi connectivity index (χ1) is 14.1. The number of piperidine rings is 1. The van der Waals surface area contributed by atoms with Crippen molar-refractivity contribution in [3.63, 3.8) is 0 Å². The van der Waals surface area contributed by atoms with Crippen molar-refractivity contribution in [1.29, 1.82) is 0 Å². The Balaban J connectivity index is 1.62. The molecule has 29 heavy (non-hydrogen) atoms. The zero-order valence-electron chi connectivity index (χ0n) is 15.6. The van der Waals surface area contributed by atoms with Crippen molar-refractivity contribution in [2.24, 2.45) is 0 Å². The van der Waals surface area contributed by atoms with Gasteiger partial charge in [0.05, 0.1) is 0 Å². The van der Waals surface area contributed by atoms with Crippen molar-refractivity contribution >= 4 is 11.9 Å². The van der Waals surface area contributed by atoms with Crippen LogP contribution in [0.2, 0.25) is 0 Å². The van der Waals surface area contributed by atoms with E-state index in [-0.39, 0.29) is 11.5 Å². The third-order valence-corrected chi connectivity index (χ3v) is 4.84. The Morgan fingerprint density at radius 1 is 1.00 bits per heavy atom. The molecule has 1 N–H and O–H groups in total. The molecule has 0 spiro atoms. The molecular weight excluding hydrogens is 378 g/mol. The van der Waals surface area contributed by atoms with Crippen molar-refractivity contribution in [3.05, 3.63) is 77.2 Å². The Morgan fingerprint density at radius 2 is 1.69 bits per heavy atom. The van der Waals surface area contributed by atoms with E-state index >= 15 is 0 Å². The zero-order chi connectivity index (χ0) is 20.2. The van der Waals surface area contributed by atoms with Crippen LogP contribution in [0.15, 0.2) is 52.9 Å². The summed E-state index contributed by atoms with van der Waals surface area (Å²) in [6.07, 6.45) is 3.29. The Bertz CT molecular complexity index is 967. The van der Waals surface area contributed by atoms with Gasteiger partial charge in [0.2, 0.25) is 5.89 Å². The van der Waals surface area contributed by atoms with Gasteiger partial charge in [-0.15, -0.1) is 5.10 Å². The number of nitrogens with zero attached hydrogens (tertiary/aromatic N) is 3. The predicted octanol–water partition coefficient (Wildman–Crippen LogP) is 3.86. The van der Waals surface area contributed by atoms with Crippen LogP contribution in [0, 0.1) is 11.6 Å². The highest BCUT2D eigenvalue weighted by Crippen LogP contribution is 2.26. The van der Waals surface area contributed by atoms with Crippen LogP contribution < -0.4 is 10.2 Å². The van der Waals surface area contributed by atoms with Gasteiger partial charge in [-0.3, -0.25) is 4.79 Å². The highest BCUT2D eigenvalue weighted by Gasteiger charge is 2.26. The van der Waals surface area contributed by atoms with Crippen molar-refractivity contribution in [3.8, 4) is 0 Å². The Labute approximate surface area is 166 Å². The molecule has 1 aliphatic heterocycles. The van der Waals surface area contributed by atoms with Gasteiger partial charge >= 0.3 is 6.01 Å². The lowest BCUT2D eigenvalue weighted by Gasteiger charge is -2.24. The number of carbonyl (C=O) groups is 1. The minimum absolute atomic E-state index is 0.126. The summed E-state index contributed by atoms with van der Waals surface area (Å²) in [5.74, 6) is -2.08. The molecule has 0 saturated carbocycles. The maximum absolute atomic E-state index is 13.5. The fraction of sp³-hybridized carbons (Fsp3) is 0.286. The molecule has 1 amide bonds. The molecule has 1 fully saturated rings. The van der Waals surface area contributed by atoms with E-state index in [1.807, 2.05) is 35.2 Å². The molecule has 0 aliphatic carbocycles. The second-order valence-electron chi connectivity index (χ2n) is 6.95. The third-order valence-electron chi connectivity index (χ3n) is 4.84. The normalized spacial score (nSPS) is 15.2. The average Bonchev–Trinajstić information content (AvgIpc) is 3.22. The lowest BCUT2D eigenvalue weighted by Crippen LogP contribution is -2.30. The average molecular weight is 398 g/mol. The second kappa shape index (κ2) is 8.38. The standard InChI is InChI=1S/C21H20F2N4O2/c22-16-11-15(12-17(23)13-16)19(28)24-18(14-7-3-1-4-8-14)20-25-26-21(29-20)27-9-5-2-6-10-27/h1,3-4,7-8,11-13,18H,2,5-6,9-10H2,(H,24,28)/t18-/m0/s1. The minimum atomic E-state index is -0.823. The van der Waals surface area contributed by atoms with Gasteiger partial charge in [-0.05, 0) is 37.0 Å². The number of nitrogens with one attached hydrogen (secondary N) is 1. The molecule has 0 unspecified atom stereocenters. The van der Waals surface area contributed by atoms with Crippen LogP contribution in [-0.4, -0.2) is 29.2 Å². The summed E-state index contributed by atoms with van der Waals surface area (Å²) >= 11 is 0. The summed E-state index contributed by atoms with van der Waals surface area (Å²) < 4.78 is 32.9. The van der Waals surface area contributed by atoms with Crippen LogP contribution in [0.3, 0.4) is 0 Å². The molecule has 0 radical (unpaired) electrons. The van der Waals surface area contributed by atoms with Gasteiger partial charge in [-0.25, -0.2) is 8.78 Å². The van der Waals surface area contributed by atoms with E-state index in [4.69, 9.17) is 4.42 Å². The smallest absolute Gasteiger partial charge is 0.318 e. The number of hydrogen-bond donors (Lipinski definition) is 1. The van der Waals surface area contributed by atoms with Gasteiger partial charge in [-0.1, -0.05) is 35.4 Å². The Kier molecular flexibility index (Phi) is 5.50. The van der Waals surface area contributed by atoms with E-state index in [2.05, 4.69) is 15.5 Å². The number of amides is 1. The molecule has 3 aromatic rings. The first-order valence-corrected chi connectivity index (χ1v) is 9.50. The van der Waals surface area contributed by atoms with Gasteiger partial charge < -0.3 is 14.6 Å². The van der Waals surface area contributed by atoms with E-state index in [1.54, 1.807) is 0 Å². The molecule has 1 saturated heterocycles. The van der Waals surface area contributed by atoms with E-state index in [9.17, 15) is 13.6 Å². The van der Waals surface area contributed by atoms with Crippen molar-refractivity contribution in [2.45, 2.75) is 25.3 Å². The number of hydrogen-bond acceptors (Lipinski definition) is 5. The molecule has 1 aliphatic rings. The molecule has 2 aromatic carbocycles. The highest BCUT2D eigenvalue weighted by molar-refractivity contribution is 5.94. The van der Waals surface area contributed by atoms with Crippen LogP contribution in [-0.2, 0) is 0 Å². The molecule has 2 heterocycles. The van der Waals surface area contributed by atoms with Gasteiger partial charge in [0.15, 0.2) is 0 Å². The maximum atomic E-state index is 13.5. The van der Waals surface area contributed by atoms with Crippen molar-refractivity contribution in [1.82, 2.24) is 15.5 Å². The molecule has 1 aromatic heterocycles. The monoisotopic (exact) mass is 398 g/mol. The predicted molar refractivity (Wildman–Crippen MR) is 102 cm³/mol. The van der Waals surface area contributed by atoms with E-state index in [1.165, 1.54) is 6.42 Å². The van der Waals surface area contributed by atoms with E-state index in [0.717, 1.165) is 38.1 Å². The van der Waals surface area contributed by atoms with Crippen LogP contribution in [0.25, 0.3) is 0 Å². The first kappa shape index (κ1) is 19.0. The lowest BCUT2D eigenvalue weighted by atomic mass is 10.1. The molecule has 1 atom stereocenters. The lowest BCUT2D eigenvalue weighted by molar-refractivity contribution is 0.0937. The summed E-state index contributed by atoms with van der Waals surface area (Å²) in [7, 11) is 0. The first-order valence-electron chi connectivity index (χ1n) is 9.50. The fourth-order valence-corrected chi connectivity index (χ4v) is 3.39. The summed E-state index contributed by atoms with van der Waals surface area (Å²) in [6.45, 7) is 1.68. The minimum Gasteiger partial charge on any atom is -0.405 e. The Hall–Kier alpha value is -3.29. The maximum Gasteiger partial charge on any atom is 0.318 e. The summed E-state index contributed by atoms with van der Waals surface area (Å²) in [5, 5.41) is 11.0. The number of anilines is 1. The number of carbonyl (C=O) groups excluding carboxylic acids is 1. The van der Waals surface area contributed by atoms with Gasteiger partial charge in [0.25, 0.3) is 5.91 Å². The van der Waals surface area contributed by atoms with Crippen LogP contribution >= 0.6 is 0 Å². The van der Waals surface area contributed by atoms with Crippen LogP contribution in [0.5, 0.6) is 0 Å². The number of aromatic nitrogens is 2. The molecule has 6 nitrogen and oxygen atoms in total. The summed E-state index contributed by atoms with van der Waals surface area (Å²) in [5.41, 5.74) is 0.589. The Morgan fingerprint density at radius 3 is 2.38 bits per heavy atom. The number of benzene rings is 2. The van der Waals surface area contributed by atoms with Crippen molar-refractivity contribution < 1.29 is 18.0 Å². The van der Waals surface area contributed by atoms with Gasteiger partial charge in [0.1, 0.15) is 17.7 Å². The molecule has 4 rings (SSSR count). The molecular formula is C21H20F2N4O2. The second-order valence-corrected chi connectivity index (χ2v) is 6.95. The zero-order valence-corrected chi connectivity index (χ0v) is 15.6. The van der Waals surface area contributed by atoms with Crippen molar-refractivity contribution in [2.75, 3.05) is 18.0 Å². The highest BCUT2D eigenvalue weighted by atomic mass is 19.1. The van der Waals surface area contributed by atoms with E-state index < -0.39 is 23.6 Å². The topological polar surface area (TPSA) is 71.3 Å². The SMILES string of the molecule is O=C(N[C@@H](c1ccccc1)c1nnc(N2CCCCC2)o1)c1cc(F)cc(F)c1. The summed E-state index contributed by atoms with van der Waals surface area (Å²) in [4.78, 5) is 14.7. The number of rotatable bonds is 5. The largest absolute Gasteiger partial charge is 0.405 e. The number of halogens is 2. The van der Waals surface area contributed by atoms with Crippen LogP contribution in [0.1, 0.15) is 47.1 Å². The van der Waals surface area contributed by atoms with Gasteiger partial charge in [-0.2, -0.15) is 0 Å². The third kappa shape index (κ3) is 4.42. The molecule has 150 valence electrons. The fourth-order valence-electron chi connectivity index (χ4n) is 3.39. The van der Waals surface area contributed by atoms with Gasteiger partial charge in [0, 0.05) is 24.7 Å².